The topological polar surface area (TPSA) is 38.1 Å². The summed E-state index contributed by atoms with van der Waals surface area (Å²) in [5.41, 5.74) is 1.48. The zero-order valence-corrected chi connectivity index (χ0v) is 10.1. The molecule has 1 aromatic heterocycles. The molecule has 0 aromatic carbocycles. The van der Waals surface area contributed by atoms with Gasteiger partial charge in [-0.3, -0.25) is 9.48 Å². The summed E-state index contributed by atoms with van der Waals surface area (Å²) >= 11 is 0. The van der Waals surface area contributed by atoms with Crippen LogP contribution in [0, 0.1) is 6.92 Å². The van der Waals surface area contributed by atoms with E-state index in [9.17, 15) is 4.79 Å². The molecule has 0 spiro atoms. The largest absolute Gasteiger partial charge is 0.357 e. The number of aldehydes is 1. The van der Waals surface area contributed by atoms with Crippen molar-refractivity contribution in [3.8, 4) is 0 Å². The second kappa shape index (κ2) is 4.47. The van der Waals surface area contributed by atoms with Gasteiger partial charge in [0.1, 0.15) is 5.82 Å². The summed E-state index contributed by atoms with van der Waals surface area (Å²) in [6.07, 6.45) is 1.93. The normalized spacial score (nSPS) is 12.6. The highest BCUT2D eigenvalue weighted by atomic mass is 16.1. The van der Waals surface area contributed by atoms with Crippen molar-refractivity contribution in [2.75, 3.05) is 11.9 Å². The van der Waals surface area contributed by atoms with E-state index in [1.54, 1.807) is 4.68 Å². The van der Waals surface area contributed by atoms with Crippen LogP contribution in [-0.4, -0.2) is 29.2 Å². The Morgan fingerprint density at radius 1 is 1.60 bits per heavy atom. The van der Waals surface area contributed by atoms with Crippen molar-refractivity contribution in [3.05, 3.63) is 11.3 Å². The van der Waals surface area contributed by atoms with Crippen LogP contribution in [0.5, 0.6) is 0 Å². The van der Waals surface area contributed by atoms with Gasteiger partial charge in [-0.15, -0.1) is 0 Å². The van der Waals surface area contributed by atoms with E-state index in [1.807, 2.05) is 21.0 Å². The van der Waals surface area contributed by atoms with Gasteiger partial charge >= 0.3 is 0 Å². The number of carbonyl (C=O) groups excluding carboxylic acids is 1. The maximum absolute atomic E-state index is 11.0. The summed E-state index contributed by atoms with van der Waals surface area (Å²) < 4.78 is 1.77. The summed E-state index contributed by atoms with van der Waals surface area (Å²) in [5.74, 6) is 0.900. The minimum absolute atomic E-state index is 0.401. The molecule has 1 aromatic rings. The van der Waals surface area contributed by atoms with E-state index in [1.165, 1.54) is 0 Å². The van der Waals surface area contributed by atoms with E-state index in [2.05, 4.69) is 23.8 Å². The van der Waals surface area contributed by atoms with Gasteiger partial charge in [-0.25, -0.2) is 0 Å². The zero-order valence-electron chi connectivity index (χ0n) is 10.1. The van der Waals surface area contributed by atoms with Crippen LogP contribution in [0.25, 0.3) is 0 Å². The fraction of sp³-hybridized carbons (Fsp3) is 0.636. The number of nitrogens with zero attached hydrogens (tertiary/aromatic N) is 3. The number of aryl methyl sites for hydroxylation is 2. The third-order valence-corrected chi connectivity index (χ3v) is 2.94. The molecule has 4 nitrogen and oxygen atoms in total. The van der Waals surface area contributed by atoms with Crippen molar-refractivity contribution >= 4 is 12.1 Å². The third kappa shape index (κ3) is 2.03. The van der Waals surface area contributed by atoms with Gasteiger partial charge in [-0.05, 0) is 20.3 Å². The molecule has 1 unspecified atom stereocenters. The molecular formula is C11H19N3O. The fourth-order valence-electron chi connectivity index (χ4n) is 1.70. The van der Waals surface area contributed by atoms with Crippen molar-refractivity contribution < 1.29 is 4.79 Å². The van der Waals surface area contributed by atoms with Crippen molar-refractivity contribution in [1.82, 2.24) is 9.78 Å². The highest BCUT2D eigenvalue weighted by Gasteiger charge is 2.18. The van der Waals surface area contributed by atoms with Crippen molar-refractivity contribution in [3.63, 3.8) is 0 Å². The maximum atomic E-state index is 11.0. The zero-order chi connectivity index (χ0) is 11.6. The molecule has 84 valence electrons. The van der Waals surface area contributed by atoms with Crippen LogP contribution < -0.4 is 4.90 Å². The number of carbonyl (C=O) groups is 1. The second-order valence-electron chi connectivity index (χ2n) is 3.93. The lowest BCUT2D eigenvalue weighted by Gasteiger charge is -2.26. The Labute approximate surface area is 90.9 Å². The first-order valence-corrected chi connectivity index (χ1v) is 5.24. The summed E-state index contributed by atoms with van der Waals surface area (Å²) in [6.45, 7) is 6.12. The molecule has 0 saturated carbocycles. The van der Waals surface area contributed by atoms with Gasteiger partial charge in [0.2, 0.25) is 0 Å². The van der Waals surface area contributed by atoms with Gasteiger partial charge in [-0.2, -0.15) is 5.10 Å². The Hall–Kier alpha value is -1.32. The molecule has 15 heavy (non-hydrogen) atoms. The van der Waals surface area contributed by atoms with E-state index in [4.69, 9.17) is 0 Å². The second-order valence-corrected chi connectivity index (χ2v) is 3.93. The lowest BCUT2D eigenvalue weighted by Crippen LogP contribution is -2.30. The monoisotopic (exact) mass is 209 g/mol. The van der Waals surface area contributed by atoms with Crippen LogP contribution in [0.4, 0.5) is 5.82 Å². The predicted octanol–water partition coefficient (Wildman–Crippen LogP) is 1.78. The van der Waals surface area contributed by atoms with Crippen LogP contribution >= 0.6 is 0 Å². The van der Waals surface area contributed by atoms with Crippen LogP contribution in [-0.2, 0) is 7.05 Å². The maximum Gasteiger partial charge on any atom is 0.155 e. The van der Waals surface area contributed by atoms with Gasteiger partial charge in [0.15, 0.2) is 6.29 Å². The lowest BCUT2D eigenvalue weighted by atomic mass is 10.2. The predicted molar refractivity (Wildman–Crippen MR) is 61.5 cm³/mol. The summed E-state index contributed by atoms with van der Waals surface area (Å²) in [6, 6.07) is 0.401. The van der Waals surface area contributed by atoms with Crippen LogP contribution in [0.1, 0.15) is 36.3 Å². The van der Waals surface area contributed by atoms with Gasteiger partial charge in [-0.1, -0.05) is 6.92 Å². The minimum Gasteiger partial charge on any atom is -0.357 e. The molecule has 0 fully saturated rings. The fourth-order valence-corrected chi connectivity index (χ4v) is 1.70. The number of anilines is 1. The van der Waals surface area contributed by atoms with E-state index in [-0.39, 0.29) is 0 Å². The lowest BCUT2D eigenvalue weighted by molar-refractivity contribution is 0.112. The Morgan fingerprint density at radius 3 is 2.67 bits per heavy atom. The molecule has 0 aliphatic carbocycles. The molecule has 1 atom stereocenters. The molecule has 0 amide bonds. The Bertz CT molecular complexity index is 357. The molecule has 0 saturated heterocycles. The van der Waals surface area contributed by atoms with Gasteiger partial charge < -0.3 is 4.90 Å². The third-order valence-electron chi connectivity index (χ3n) is 2.94. The molecule has 0 bridgehead atoms. The minimum atomic E-state index is 0.401. The van der Waals surface area contributed by atoms with Gasteiger partial charge in [0, 0.05) is 20.1 Å². The van der Waals surface area contributed by atoms with Crippen LogP contribution in [0.3, 0.4) is 0 Å². The first-order valence-electron chi connectivity index (χ1n) is 5.24. The Morgan fingerprint density at radius 2 is 2.20 bits per heavy atom. The molecule has 0 aliphatic rings. The summed E-state index contributed by atoms with van der Waals surface area (Å²) in [4.78, 5) is 13.1. The van der Waals surface area contributed by atoms with Crippen molar-refractivity contribution in [2.45, 2.75) is 33.2 Å². The van der Waals surface area contributed by atoms with E-state index < -0.39 is 0 Å². The average molecular weight is 209 g/mol. The van der Waals surface area contributed by atoms with Gasteiger partial charge in [0.25, 0.3) is 0 Å². The standard InChI is InChI=1S/C11H19N3O/c1-6-8(2)13(4)11-10(7-15)9(3)12-14(11)5/h7-8H,6H2,1-5H3. The highest BCUT2D eigenvalue weighted by Crippen LogP contribution is 2.22. The highest BCUT2D eigenvalue weighted by molar-refractivity contribution is 5.84. The van der Waals surface area contributed by atoms with E-state index >= 15 is 0 Å². The molecule has 1 heterocycles. The molecule has 0 aliphatic heterocycles. The first kappa shape index (κ1) is 11.8. The molecule has 4 heteroatoms. The summed E-state index contributed by atoms with van der Waals surface area (Å²) in [7, 11) is 3.87. The molecular weight excluding hydrogens is 190 g/mol. The molecule has 0 N–H and O–H groups in total. The van der Waals surface area contributed by atoms with Crippen molar-refractivity contribution in [2.24, 2.45) is 7.05 Å². The Balaban J connectivity index is 3.17. The molecule has 0 radical (unpaired) electrons. The quantitative estimate of drug-likeness (QED) is 0.709. The SMILES string of the molecule is CCC(C)N(C)c1c(C=O)c(C)nn1C. The smallest absolute Gasteiger partial charge is 0.155 e. The molecule has 1 rings (SSSR count). The van der Waals surface area contributed by atoms with E-state index in [0.717, 1.165) is 24.2 Å². The number of hydrogen-bond donors (Lipinski definition) is 0. The first-order chi connectivity index (χ1) is 7.02. The van der Waals surface area contributed by atoms with Crippen LogP contribution in [0.15, 0.2) is 0 Å². The van der Waals surface area contributed by atoms with Gasteiger partial charge in [0.05, 0.1) is 11.3 Å². The number of rotatable bonds is 4. The Kier molecular flexibility index (Phi) is 3.50. The van der Waals surface area contributed by atoms with E-state index in [0.29, 0.717) is 11.6 Å². The van der Waals surface area contributed by atoms with Crippen LogP contribution in [0.2, 0.25) is 0 Å². The average Bonchev–Trinajstić information content (AvgIpc) is 2.50. The number of hydrogen-bond acceptors (Lipinski definition) is 3. The van der Waals surface area contributed by atoms with Crippen molar-refractivity contribution in [1.29, 1.82) is 0 Å². The summed E-state index contributed by atoms with van der Waals surface area (Å²) in [5, 5.41) is 4.26. The number of aromatic nitrogens is 2.